The monoisotopic (exact) mass is 469 g/mol. The van der Waals surface area contributed by atoms with E-state index in [0.29, 0.717) is 23.6 Å². The SMILES string of the molecule is BC(B)(B)n1cc(Br)cc(Nc2ccc(N3CCN(C4COC4)C[C@@H]3C)cn2)c1=O. The van der Waals surface area contributed by atoms with Crippen LogP contribution in [0.2, 0.25) is 0 Å². The number of hydrogen-bond donors (Lipinski definition) is 1. The van der Waals surface area contributed by atoms with E-state index in [1.807, 2.05) is 42.0 Å². The van der Waals surface area contributed by atoms with Crippen LogP contribution in [0, 0.1) is 0 Å². The Morgan fingerprint density at radius 2 is 2.03 bits per heavy atom. The van der Waals surface area contributed by atoms with Crippen molar-refractivity contribution in [3.8, 4) is 0 Å². The van der Waals surface area contributed by atoms with Crippen LogP contribution in [0.25, 0.3) is 0 Å². The van der Waals surface area contributed by atoms with Gasteiger partial charge in [-0.25, -0.2) is 4.98 Å². The molecule has 30 heavy (non-hydrogen) atoms. The number of nitrogens with one attached hydrogen (secondary N) is 1. The van der Waals surface area contributed by atoms with Crippen molar-refractivity contribution in [2.75, 3.05) is 43.1 Å². The van der Waals surface area contributed by atoms with Crippen LogP contribution in [0.3, 0.4) is 0 Å². The Balaban J connectivity index is 1.47. The highest BCUT2D eigenvalue weighted by atomic mass is 79.9. The summed E-state index contributed by atoms with van der Waals surface area (Å²) in [5.74, 6) is 0.660. The van der Waals surface area contributed by atoms with Crippen molar-refractivity contribution in [2.24, 2.45) is 0 Å². The number of aromatic nitrogens is 2. The third kappa shape index (κ3) is 4.48. The maximum absolute atomic E-state index is 12.9. The van der Waals surface area contributed by atoms with Gasteiger partial charge in [0, 0.05) is 36.3 Å². The van der Waals surface area contributed by atoms with Crippen molar-refractivity contribution in [2.45, 2.75) is 24.2 Å². The molecule has 0 spiro atoms. The zero-order valence-electron chi connectivity index (χ0n) is 18.1. The number of rotatable bonds is 5. The van der Waals surface area contributed by atoms with Crippen LogP contribution in [0.1, 0.15) is 6.92 Å². The van der Waals surface area contributed by atoms with Crippen LogP contribution in [0.15, 0.2) is 39.9 Å². The molecule has 0 amide bonds. The highest BCUT2D eigenvalue weighted by molar-refractivity contribution is 9.10. The van der Waals surface area contributed by atoms with Crippen LogP contribution < -0.4 is 15.8 Å². The number of piperazine rings is 1. The number of anilines is 3. The Morgan fingerprint density at radius 1 is 1.27 bits per heavy atom. The standard InChI is InChI=1S/C19H27B3BrN5O2/c1-12-8-26(15-10-30-11-15)4-5-27(12)14-2-3-17(24-7-14)25-16-6-13(23)9-28(18(16)29)19(20,21)22/h2-3,6-7,9,12,15H,4-5,8,10-11,20-22H2,1H3,(H,24,25)/t12-/m0/s1. The number of ether oxygens (including phenoxy) is 1. The van der Waals surface area contributed by atoms with Gasteiger partial charge in [0.15, 0.2) is 0 Å². The first-order valence-electron chi connectivity index (χ1n) is 10.5. The van der Waals surface area contributed by atoms with Gasteiger partial charge in [-0.1, -0.05) is 0 Å². The number of pyridine rings is 2. The summed E-state index contributed by atoms with van der Waals surface area (Å²) in [6.07, 6.45) is 3.71. The van der Waals surface area contributed by atoms with Gasteiger partial charge in [-0.2, -0.15) is 0 Å². The van der Waals surface area contributed by atoms with Gasteiger partial charge in [-0.15, -0.1) is 0 Å². The lowest BCUT2D eigenvalue weighted by Gasteiger charge is -2.46. The van der Waals surface area contributed by atoms with Gasteiger partial charge in [-0.3, -0.25) is 9.69 Å². The van der Waals surface area contributed by atoms with E-state index in [9.17, 15) is 4.79 Å². The van der Waals surface area contributed by atoms with Crippen LogP contribution >= 0.6 is 15.9 Å². The lowest BCUT2D eigenvalue weighted by Crippen LogP contribution is -2.59. The minimum Gasteiger partial charge on any atom is -0.378 e. The molecule has 0 aromatic carbocycles. The first-order chi connectivity index (χ1) is 14.2. The molecule has 2 fully saturated rings. The third-order valence-electron chi connectivity index (χ3n) is 5.84. The second kappa shape index (κ2) is 8.44. The van der Waals surface area contributed by atoms with Gasteiger partial charge >= 0.3 is 0 Å². The lowest BCUT2D eigenvalue weighted by atomic mass is 9.49. The molecule has 4 rings (SSSR count). The number of hydrogen-bond acceptors (Lipinski definition) is 6. The fraction of sp³-hybridized carbons (Fsp3) is 0.474. The van der Waals surface area contributed by atoms with Crippen molar-refractivity contribution in [3.05, 3.63) is 45.4 Å². The molecule has 156 valence electrons. The predicted molar refractivity (Wildman–Crippen MR) is 133 cm³/mol. The molecule has 1 N–H and O–H groups in total. The molecule has 2 aliphatic rings. The lowest BCUT2D eigenvalue weighted by molar-refractivity contribution is -0.0691. The predicted octanol–water partition coefficient (Wildman–Crippen LogP) is -0.874. The second-order valence-corrected chi connectivity index (χ2v) is 10.1. The Kier molecular flexibility index (Phi) is 6.05. The maximum Gasteiger partial charge on any atom is 0.272 e. The smallest absolute Gasteiger partial charge is 0.272 e. The van der Waals surface area contributed by atoms with Crippen LogP contribution in [0.4, 0.5) is 17.2 Å². The van der Waals surface area contributed by atoms with Crippen molar-refractivity contribution in [3.63, 3.8) is 0 Å². The van der Waals surface area contributed by atoms with Gasteiger partial charge in [-0.05, 0) is 46.3 Å². The van der Waals surface area contributed by atoms with E-state index in [-0.39, 0.29) is 10.8 Å². The summed E-state index contributed by atoms with van der Waals surface area (Å²) in [5.41, 5.74) is 1.55. The highest BCUT2D eigenvalue weighted by Gasteiger charge is 2.32. The molecule has 2 aliphatic heterocycles. The Bertz CT molecular complexity index is 962. The van der Waals surface area contributed by atoms with Gasteiger partial charge in [0.1, 0.15) is 35.0 Å². The van der Waals surface area contributed by atoms with Gasteiger partial charge in [0.05, 0.1) is 31.1 Å². The fourth-order valence-electron chi connectivity index (χ4n) is 4.04. The summed E-state index contributed by atoms with van der Waals surface area (Å²) in [5, 5.41) is 2.88. The number of halogens is 1. The molecule has 0 aliphatic carbocycles. The van der Waals surface area contributed by atoms with Crippen molar-refractivity contribution < 1.29 is 4.74 Å². The zero-order chi connectivity index (χ0) is 21.5. The van der Waals surface area contributed by atoms with Crippen molar-refractivity contribution >= 4 is 56.7 Å². The molecule has 11 heteroatoms. The van der Waals surface area contributed by atoms with E-state index in [4.69, 9.17) is 4.74 Å². The Morgan fingerprint density at radius 3 is 2.60 bits per heavy atom. The van der Waals surface area contributed by atoms with Crippen LogP contribution in [0.5, 0.6) is 0 Å². The van der Waals surface area contributed by atoms with E-state index in [0.717, 1.165) is 43.0 Å². The fourth-order valence-corrected chi connectivity index (χ4v) is 4.47. The summed E-state index contributed by atoms with van der Waals surface area (Å²) in [7, 11) is 6.03. The quantitative estimate of drug-likeness (QED) is 0.574. The normalized spacial score (nSPS) is 20.7. The molecule has 2 aromatic heterocycles. The largest absolute Gasteiger partial charge is 0.378 e. The summed E-state index contributed by atoms with van der Waals surface area (Å²) < 4.78 is 7.91. The van der Waals surface area contributed by atoms with Gasteiger partial charge < -0.3 is 19.5 Å². The molecule has 0 bridgehead atoms. The molecular formula is C19H27B3BrN5O2. The topological polar surface area (TPSA) is 62.6 Å². The van der Waals surface area contributed by atoms with Crippen LogP contribution in [-0.2, 0) is 9.97 Å². The van der Waals surface area contributed by atoms with Gasteiger partial charge in [0.2, 0.25) is 0 Å². The van der Waals surface area contributed by atoms with E-state index >= 15 is 0 Å². The molecule has 0 unspecified atom stereocenters. The molecule has 7 nitrogen and oxygen atoms in total. The molecule has 4 heterocycles. The molecule has 2 aromatic rings. The second-order valence-electron chi connectivity index (χ2n) is 9.17. The summed E-state index contributed by atoms with van der Waals surface area (Å²) in [4.78, 5) is 22.4. The van der Waals surface area contributed by atoms with E-state index in [1.165, 1.54) is 0 Å². The minimum atomic E-state index is -0.307. The minimum absolute atomic E-state index is 0.0682. The Hall–Kier alpha value is -1.71. The average molecular weight is 470 g/mol. The molecule has 0 saturated carbocycles. The summed E-state index contributed by atoms with van der Waals surface area (Å²) in [6, 6.07) is 6.82. The zero-order valence-corrected chi connectivity index (χ0v) is 19.6. The van der Waals surface area contributed by atoms with Gasteiger partial charge in [0.25, 0.3) is 5.56 Å². The third-order valence-corrected chi connectivity index (χ3v) is 6.28. The molecular weight excluding hydrogens is 443 g/mol. The number of nitrogens with zero attached hydrogens (tertiary/aromatic N) is 4. The first-order valence-corrected chi connectivity index (χ1v) is 11.3. The maximum atomic E-state index is 12.9. The van der Waals surface area contributed by atoms with E-state index < -0.39 is 0 Å². The molecule has 2 saturated heterocycles. The molecule has 0 radical (unpaired) electrons. The van der Waals surface area contributed by atoms with E-state index in [2.05, 4.69) is 49.0 Å². The average Bonchev–Trinajstić information content (AvgIpc) is 2.63. The van der Waals surface area contributed by atoms with Crippen LogP contribution in [-0.4, -0.2) is 82.9 Å². The Labute approximate surface area is 188 Å². The first kappa shape index (κ1) is 21.5. The summed E-state index contributed by atoms with van der Waals surface area (Å²) in [6.45, 7) is 7.05. The molecule has 1 atom stereocenters. The van der Waals surface area contributed by atoms with Crippen molar-refractivity contribution in [1.29, 1.82) is 0 Å². The van der Waals surface area contributed by atoms with Crippen molar-refractivity contribution in [1.82, 2.24) is 14.5 Å². The van der Waals surface area contributed by atoms with E-state index in [1.54, 1.807) is 10.6 Å². The summed E-state index contributed by atoms with van der Waals surface area (Å²) >= 11 is 3.51. The highest BCUT2D eigenvalue weighted by Crippen LogP contribution is 2.24.